The molecular formula is C20H23N7O. The van der Waals surface area contributed by atoms with Crippen LogP contribution < -0.4 is 10.5 Å². The van der Waals surface area contributed by atoms with Crippen LogP contribution in [0.25, 0.3) is 5.82 Å². The molecule has 0 radical (unpaired) electrons. The number of hydrogen-bond acceptors (Lipinski definition) is 6. The van der Waals surface area contributed by atoms with E-state index in [0.29, 0.717) is 12.5 Å². The predicted molar refractivity (Wildman–Crippen MR) is 105 cm³/mol. The molecule has 0 bridgehead atoms. The van der Waals surface area contributed by atoms with E-state index in [4.69, 9.17) is 4.98 Å². The predicted octanol–water partition coefficient (Wildman–Crippen LogP) is 1.62. The molecule has 3 aromatic heterocycles. The Bertz CT molecular complexity index is 1020. The monoisotopic (exact) mass is 377 g/mol. The maximum atomic E-state index is 12.4. The highest BCUT2D eigenvalue weighted by Gasteiger charge is 2.23. The van der Waals surface area contributed by atoms with Crippen LogP contribution in [0.4, 0.5) is 5.82 Å². The molecule has 0 amide bonds. The van der Waals surface area contributed by atoms with Crippen LogP contribution in [-0.2, 0) is 19.4 Å². The van der Waals surface area contributed by atoms with E-state index >= 15 is 0 Å². The summed E-state index contributed by atoms with van der Waals surface area (Å²) in [7, 11) is 0. The molecule has 4 heterocycles. The molecule has 0 unspecified atom stereocenters. The smallest absolute Gasteiger partial charge is 0.267 e. The lowest BCUT2D eigenvalue weighted by Crippen LogP contribution is -2.37. The molecule has 0 saturated carbocycles. The highest BCUT2D eigenvalue weighted by molar-refractivity contribution is 5.39. The fourth-order valence-corrected chi connectivity index (χ4v) is 4.17. The summed E-state index contributed by atoms with van der Waals surface area (Å²) in [6.07, 6.45) is 12.3. The van der Waals surface area contributed by atoms with Crippen LogP contribution >= 0.6 is 0 Å². The topological polar surface area (TPSA) is 81.7 Å². The third-order valence-corrected chi connectivity index (χ3v) is 5.74. The molecule has 3 aromatic rings. The van der Waals surface area contributed by atoms with E-state index < -0.39 is 0 Å². The lowest BCUT2D eigenvalue weighted by molar-refractivity contribution is 0.333. The van der Waals surface area contributed by atoms with Crippen LogP contribution in [0.2, 0.25) is 0 Å². The quantitative estimate of drug-likeness (QED) is 0.687. The van der Waals surface area contributed by atoms with Crippen LogP contribution in [0.5, 0.6) is 0 Å². The van der Waals surface area contributed by atoms with Gasteiger partial charge in [0, 0.05) is 38.1 Å². The van der Waals surface area contributed by atoms with E-state index in [1.807, 2.05) is 12.3 Å². The van der Waals surface area contributed by atoms with Crippen LogP contribution in [0, 0.1) is 5.92 Å². The zero-order valence-electron chi connectivity index (χ0n) is 15.7. The van der Waals surface area contributed by atoms with Gasteiger partial charge in [-0.1, -0.05) is 0 Å². The van der Waals surface area contributed by atoms with Gasteiger partial charge in [-0.15, -0.1) is 0 Å². The number of anilines is 1. The zero-order valence-corrected chi connectivity index (χ0v) is 15.7. The highest BCUT2D eigenvalue weighted by Crippen LogP contribution is 2.23. The van der Waals surface area contributed by atoms with E-state index in [2.05, 4.69) is 20.1 Å². The summed E-state index contributed by atoms with van der Waals surface area (Å²) in [6.45, 7) is 2.52. The fourth-order valence-electron chi connectivity index (χ4n) is 4.17. The molecule has 0 atom stereocenters. The Kier molecular flexibility index (Phi) is 4.38. The van der Waals surface area contributed by atoms with Crippen LogP contribution in [0.15, 0.2) is 41.7 Å². The van der Waals surface area contributed by atoms with Crippen molar-refractivity contribution in [2.75, 3.05) is 18.0 Å². The minimum Gasteiger partial charge on any atom is -0.355 e. The van der Waals surface area contributed by atoms with E-state index in [9.17, 15) is 4.79 Å². The van der Waals surface area contributed by atoms with Crippen LogP contribution in [0.3, 0.4) is 0 Å². The number of nitrogens with zero attached hydrogens (tertiary/aromatic N) is 7. The van der Waals surface area contributed by atoms with Crippen molar-refractivity contribution in [3.8, 4) is 5.82 Å². The number of piperidine rings is 1. The van der Waals surface area contributed by atoms with Crippen molar-refractivity contribution < 1.29 is 0 Å². The maximum absolute atomic E-state index is 12.4. The van der Waals surface area contributed by atoms with E-state index in [0.717, 1.165) is 68.1 Å². The molecule has 144 valence electrons. The van der Waals surface area contributed by atoms with Gasteiger partial charge in [-0.25, -0.2) is 14.3 Å². The molecule has 1 aliphatic heterocycles. The van der Waals surface area contributed by atoms with Gasteiger partial charge in [0.15, 0.2) is 5.82 Å². The van der Waals surface area contributed by atoms with Gasteiger partial charge in [-0.2, -0.15) is 10.2 Å². The molecule has 1 fully saturated rings. The van der Waals surface area contributed by atoms with Gasteiger partial charge in [-0.3, -0.25) is 9.78 Å². The van der Waals surface area contributed by atoms with Gasteiger partial charge < -0.3 is 4.90 Å². The second kappa shape index (κ2) is 7.18. The number of hydrogen-bond donors (Lipinski definition) is 0. The van der Waals surface area contributed by atoms with Gasteiger partial charge in [0.05, 0.1) is 18.1 Å². The summed E-state index contributed by atoms with van der Waals surface area (Å²) in [6, 6.07) is 3.66. The minimum absolute atomic E-state index is 0.0425. The van der Waals surface area contributed by atoms with Crippen molar-refractivity contribution in [2.24, 2.45) is 5.92 Å². The Morgan fingerprint density at radius 2 is 1.96 bits per heavy atom. The van der Waals surface area contributed by atoms with Crippen molar-refractivity contribution in [1.82, 2.24) is 29.5 Å². The Morgan fingerprint density at radius 3 is 2.79 bits per heavy atom. The summed E-state index contributed by atoms with van der Waals surface area (Å²) in [5.41, 5.74) is 2.30. The summed E-state index contributed by atoms with van der Waals surface area (Å²) in [5.74, 6) is 2.06. The first-order chi connectivity index (χ1) is 13.8. The molecule has 0 aromatic carbocycles. The summed E-state index contributed by atoms with van der Waals surface area (Å²) >= 11 is 0. The Labute approximate surface area is 162 Å². The molecule has 2 aliphatic rings. The molecule has 0 spiro atoms. The third kappa shape index (κ3) is 3.30. The van der Waals surface area contributed by atoms with Crippen molar-refractivity contribution in [3.05, 3.63) is 58.5 Å². The van der Waals surface area contributed by atoms with Crippen molar-refractivity contribution in [3.63, 3.8) is 0 Å². The number of aryl methyl sites for hydroxylation is 2. The molecule has 1 aliphatic carbocycles. The van der Waals surface area contributed by atoms with Crippen LogP contribution in [-0.4, -0.2) is 42.6 Å². The maximum Gasteiger partial charge on any atom is 0.267 e. The van der Waals surface area contributed by atoms with E-state index in [-0.39, 0.29) is 5.56 Å². The van der Waals surface area contributed by atoms with Gasteiger partial charge in [0.1, 0.15) is 5.82 Å². The minimum atomic E-state index is 0.0425. The average Bonchev–Trinajstić information content (AvgIpc) is 3.41. The first-order valence-corrected chi connectivity index (χ1v) is 9.93. The molecule has 28 heavy (non-hydrogen) atoms. The molecule has 1 saturated heterocycles. The molecule has 8 heteroatoms. The highest BCUT2D eigenvalue weighted by atomic mass is 16.1. The summed E-state index contributed by atoms with van der Waals surface area (Å²) in [4.78, 5) is 23.6. The van der Waals surface area contributed by atoms with Gasteiger partial charge in [0.25, 0.3) is 5.56 Å². The number of aromatic nitrogens is 6. The van der Waals surface area contributed by atoms with Crippen molar-refractivity contribution >= 4 is 5.82 Å². The summed E-state index contributed by atoms with van der Waals surface area (Å²) in [5, 5.41) is 8.84. The lowest BCUT2D eigenvalue weighted by atomic mass is 9.97. The average molecular weight is 377 g/mol. The number of fused-ring (bicyclic) bond motifs is 1. The standard InChI is InChI=1S/C20H23N7O/c28-20-11-16-3-1-4-17(16)24-27(20)14-15-5-9-25(10-6-15)18-12-21-13-19(23-18)26-8-2-7-22-26/h2,7-8,11-13,15H,1,3-6,9-10,14H2. The second-order valence-corrected chi connectivity index (χ2v) is 7.61. The fraction of sp³-hybridized carbons (Fsp3) is 0.450. The Morgan fingerprint density at radius 1 is 1.11 bits per heavy atom. The Balaban J connectivity index is 1.25. The molecule has 5 rings (SSSR count). The van der Waals surface area contributed by atoms with Gasteiger partial charge in [0.2, 0.25) is 0 Å². The third-order valence-electron chi connectivity index (χ3n) is 5.74. The van der Waals surface area contributed by atoms with E-state index in [1.54, 1.807) is 34.0 Å². The Hall–Kier alpha value is -3.03. The largest absolute Gasteiger partial charge is 0.355 e. The summed E-state index contributed by atoms with van der Waals surface area (Å²) < 4.78 is 3.40. The number of rotatable bonds is 4. The SMILES string of the molecule is O=c1cc2c(nn1CC1CCN(c3cncc(-n4cccn4)n3)CC1)CCC2. The first-order valence-electron chi connectivity index (χ1n) is 9.93. The zero-order chi connectivity index (χ0) is 18.9. The van der Waals surface area contributed by atoms with Gasteiger partial charge in [-0.05, 0) is 49.7 Å². The molecule has 0 N–H and O–H groups in total. The second-order valence-electron chi connectivity index (χ2n) is 7.61. The van der Waals surface area contributed by atoms with Gasteiger partial charge >= 0.3 is 0 Å². The normalized spacial score (nSPS) is 17.1. The first kappa shape index (κ1) is 17.1. The van der Waals surface area contributed by atoms with Crippen molar-refractivity contribution in [1.29, 1.82) is 0 Å². The van der Waals surface area contributed by atoms with E-state index in [1.165, 1.54) is 0 Å². The van der Waals surface area contributed by atoms with Crippen LogP contribution in [0.1, 0.15) is 30.5 Å². The van der Waals surface area contributed by atoms with Crippen molar-refractivity contribution in [2.45, 2.75) is 38.6 Å². The molecular weight excluding hydrogens is 354 g/mol. The molecule has 8 nitrogen and oxygen atoms in total. The lowest BCUT2D eigenvalue weighted by Gasteiger charge is -2.32.